The second-order valence-electron chi connectivity index (χ2n) is 16.9. The highest BCUT2D eigenvalue weighted by molar-refractivity contribution is 7.25. The Hall–Kier alpha value is -6.94. The van der Waals surface area contributed by atoms with Crippen LogP contribution in [-0.2, 0) is 11.8 Å². The highest BCUT2D eigenvalue weighted by atomic mass is 32.1. The van der Waals surface area contributed by atoms with E-state index in [0.29, 0.717) is 0 Å². The molecule has 286 valence electrons. The summed E-state index contributed by atoms with van der Waals surface area (Å²) < 4.78 is 5.08. The third-order valence-corrected chi connectivity index (χ3v) is 14.3. The molecule has 1 unspecified atom stereocenters. The first-order valence-corrected chi connectivity index (χ1v) is 21.8. The van der Waals surface area contributed by atoms with E-state index in [1.54, 1.807) is 0 Å². The van der Waals surface area contributed by atoms with Gasteiger partial charge in [0, 0.05) is 65.3 Å². The van der Waals surface area contributed by atoms with Crippen molar-refractivity contribution in [2.75, 3.05) is 4.90 Å². The van der Waals surface area contributed by atoms with Crippen LogP contribution in [0.2, 0.25) is 0 Å². The lowest BCUT2D eigenvalue weighted by atomic mass is 9.82. The third-order valence-electron chi connectivity index (χ3n) is 13.2. The van der Waals surface area contributed by atoms with Gasteiger partial charge in [-0.15, -0.1) is 11.3 Å². The Balaban J connectivity index is 0.921. The van der Waals surface area contributed by atoms with Crippen molar-refractivity contribution in [3.05, 3.63) is 222 Å². The molecule has 3 heteroatoms. The Morgan fingerprint density at radius 1 is 0.533 bits per heavy atom. The molecule has 0 aliphatic heterocycles. The zero-order valence-electron chi connectivity index (χ0n) is 33.6. The predicted octanol–water partition coefficient (Wildman–Crippen LogP) is 15.8. The zero-order valence-corrected chi connectivity index (χ0v) is 34.5. The lowest BCUT2D eigenvalue weighted by molar-refractivity contribution is 0.660. The maximum atomic E-state index is 2.46. The molecule has 2 aliphatic carbocycles. The van der Waals surface area contributed by atoms with Crippen LogP contribution < -0.4 is 4.90 Å². The minimum absolute atomic E-state index is 0.0914. The second-order valence-corrected chi connectivity index (χ2v) is 18.0. The molecule has 0 fully saturated rings. The van der Waals surface area contributed by atoms with Gasteiger partial charge in [0.2, 0.25) is 0 Å². The van der Waals surface area contributed by atoms with Gasteiger partial charge in [-0.1, -0.05) is 141 Å². The van der Waals surface area contributed by atoms with Crippen molar-refractivity contribution in [1.82, 2.24) is 4.57 Å². The fraction of sp³-hybridized carbons (Fsp3) is 0.0877. The topological polar surface area (TPSA) is 8.17 Å². The van der Waals surface area contributed by atoms with E-state index in [1.165, 1.54) is 98.3 Å². The summed E-state index contributed by atoms with van der Waals surface area (Å²) in [5.74, 6) is 0.271. The van der Waals surface area contributed by atoms with Gasteiger partial charge in [-0.05, 0) is 124 Å². The van der Waals surface area contributed by atoms with Crippen molar-refractivity contribution < 1.29 is 0 Å². The maximum absolute atomic E-state index is 2.46. The molecule has 10 aromatic rings. The molecule has 2 nitrogen and oxygen atoms in total. The van der Waals surface area contributed by atoms with Crippen LogP contribution in [0.4, 0.5) is 17.1 Å². The first-order valence-electron chi connectivity index (χ1n) is 21.0. The van der Waals surface area contributed by atoms with Gasteiger partial charge in [0.1, 0.15) is 0 Å². The van der Waals surface area contributed by atoms with Crippen LogP contribution in [0.1, 0.15) is 47.7 Å². The van der Waals surface area contributed by atoms with Gasteiger partial charge in [-0.2, -0.15) is 0 Å². The Morgan fingerprint density at radius 3 is 2.03 bits per heavy atom. The number of allylic oxidation sites excluding steroid dienone is 1. The summed E-state index contributed by atoms with van der Waals surface area (Å²) in [7, 11) is 0. The van der Waals surface area contributed by atoms with E-state index in [-0.39, 0.29) is 11.3 Å². The highest BCUT2D eigenvalue weighted by Gasteiger charge is 2.36. The van der Waals surface area contributed by atoms with Gasteiger partial charge in [0.15, 0.2) is 0 Å². The van der Waals surface area contributed by atoms with E-state index >= 15 is 0 Å². The van der Waals surface area contributed by atoms with Crippen LogP contribution >= 0.6 is 11.3 Å². The predicted molar refractivity (Wildman–Crippen MR) is 256 cm³/mol. The van der Waals surface area contributed by atoms with Crippen LogP contribution in [0.3, 0.4) is 0 Å². The maximum Gasteiger partial charge on any atom is 0.0537 e. The van der Waals surface area contributed by atoms with Gasteiger partial charge >= 0.3 is 0 Å². The highest BCUT2D eigenvalue weighted by Crippen LogP contribution is 2.51. The average molecular weight is 787 g/mol. The Labute approximate surface area is 354 Å². The van der Waals surface area contributed by atoms with Crippen LogP contribution in [-0.4, -0.2) is 4.57 Å². The first-order chi connectivity index (χ1) is 29.5. The lowest BCUT2D eigenvalue weighted by Gasteiger charge is -2.28. The van der Waals surface area contributed by atoms with Crippen molar-refractivity contribution in [1.29, 1.82) is 0 Å². The monoisotopic (exact) mass is 786 g/mol. The molecule has 0 bridgehead atoms. The Bertz CT molecular complexity index is 3310. The molecule has 2 heterocycles. The molecule has 12 rings (SSSR count). The molecule has 60 heavy (non-hydrogen) atoms. The van der Waals surface area contributed by atoms with Crippen molar-refractivity contribution in [3.63, 3.8) is 0 Å². The third kappa shape index (κ3) is 5.46. The number of aromatic nitrogens is 1. The van der Waals surface area contributed by atoms with Gasteiger partial charge in [-0.25, -0.2) is 0 Å². The number of anilines is 3. The summed E-state index contributed by atoms with van der Waals surface area (Å²) in [6.45, 7) is 4.73. The number of fused-ring (bicyclic) bond motifs is 9. The molecule has 2 aromatic heterocycles. The number of hydrogen-bond donors (Lipinski definition) is 0. The molecule has 0 amide bonds. The SMILES string of the molecule is CC1(C)c2ccccc2-c2ccc(N(c3ccc(C4C=Cc5c(c6ccccc6n5-c5ccc(-c6ccccc6)cc5)C4)cc3)c3ccc4sc5ccccc5c4c3)cc21. The molecule has 2 aliphatic rings. The number of rotatable bonds is 6. The molecule has 0 radical (unpaired) electrons. The van der Waals surface area contributed by atoms with Gasteiger partial charge in [-0.3, -0.25) is 0 Å². The minimum atomic E-state index is -0.0914. The van der Waals surface area contributed by atoms with Crippen molar-refractivity contribution >= 4 is 65.6 Å². The summed E-state index contributed by atoms with van der Waals surface area (Å²) in [5, 5.41) is 3.95. The molecule has 8 aromatic carbocycles. The van der Waals surface area contributed by atoms with Gasteiger partial charge < -0.3 is 9.47 Å². The van der Waals surface area contributed by atoms with Crippen LogP contribution in [0.25, 0.3) is 65.1 Å². The molecule has 0 saturated carbocycles. The molecule has 0 saturated heterocycles. The number of nitrogens with zero attached hydrogens (tertiary/aromatic N) is 2. The zero-order chi connectivity index (χ0) is 40.0. The molecule has 1 atom stereocenters. The van der Waals surface area contributed by atoms with Gasteiger partial charge in [0.25, 0.3) is 0 Å². The summed E-state index contributed by atoms with van der Waals surface area (Å²) in [4.78, 5) is 2.46. The molecule has 0 N–H and O–H groups in total. The fourth-order valence-corrected chi connectivity index (χ4v) is 11.2. The number of benzene rings is 8. The standard InChI is InChI=1S/C57H42N2S/c1-57(2)51-17-9-6-14-45(51)46-31-29-44(36-52(46)57)58(43-30-33-56-50(35-43)48-16-8-11-19-55(48)60-56)41-25-22-39(23-26-41)40-24-32-54-49(34-40)47-15-7-10-18-53(47)59(54)42-27-20-38(21-28-42)37-12-4-3-5-13-37/h3-33,35-36,40H,34H2,1-2H3. The first kappa shape index (κ1) is 35.0. The summed E-state index contributed by atoms with van der Waals surface area (Å²) in [6.07, 6.45) is 5.73. The van der Waals surface area contributed by atoms with E-state index < -0.39 is 0 Å². The summed E-state index contributed by atoms with van der Waals surface area (Å²) in [6, 6.07) is 69.7. The van der Waals surface area contributed by atoms with Crippen LogP contribution in [0, 0.1) is 0 Å². The molecular weight excluding hydrogens is 745 g/mol. The number of para-hydroxylation sites is 1. The Kier molecular flexibility index (Phi) is 7.92. The lowest BCUT2D eigenvalue weighted by Crippen LogP contribution is -2.16. The normalized spacial score (nSPS) is 15.0. The smallest absolute Gasteiger partial charge is 0.0537 e. The Morgan fingerprint density at radius 2 is 1.18 bits per heavy atom. The summed E-state index contributed by atoms with van der Waals surface area (Å²) >= 11 is 1.87. The largest absolute Gasteiger partial charge is 0.310 e. The van der Waals surface area contributed by atoms with E-state index in [1.807, 2.05) is 11.3 Å². The van der Waals surface area contributed by atoms with Gasteiger partial charge in [0.05, 0.1) is 5.52 Å². The van der Waals surface area contributed by atoms with Crippen molar-refractivity contribution in [2.24, 2.45) is 0 Å². The quantitative estimate of drug-likeness (QED) is 0.163. The summed E-state index contributed by atoms with van der Waals surface area (Å²) in [5.41, 5.74) is 17.8. The fourth-order valence-electron chi connectivity index (χ4n) is 10.2. The van der Waals surface area contributed by atoms with Crippen LogP contribution in [0.15, 0.2) is 194 Å². The average Bonchev–Trinajstić information content (AvgIpc) is 3.92. The van der Waals surface area contributed by atoms with E-state index in [9.17, 15) is 0 Å². The number of hydrogen-bond acceptors (Lipinski definition) is 2. The van der Waals surface area contributed by atoms with E-state index in [0.717, 1.165) is 12.1 Å². The van der Waals surface area contributed by atoms with Crippen molar-refractivity contribution in [3.8, 4) is 27.9 Å². The van der Waals surface area contributed by atoms with Crippen molar-refractivity contribution in [2.45, 2.75) is 31.6 Å². The molecular formula is C57H42N2S. The second kappa shape index (κ2) is 13.6. The van der Waals surface area contributed by atoms with E-state index in [4.69, 9.17) is 0 Å². The van der Waals surface area contributed by atoms with E-state index in [2.05, 4.69) is 224 Å². The van der Waals surface area contributed by atoms with Crippen LogP contribution in [0.5, 0.6) is 0 Å². The minimum Gasteiger partial charge on any atom is -0.310 e. The molecule has 0 spiro atoms. The number of thiophene rings is 1.